The van der Waals surface area contributed by atoms with Crippen LogP contribution in [0, 0.1) is 0 Å². The van der Waals surface area contributed by atoms with Crippen LogP contribution in [0.1, 0.15) is 0 Å². The predicted molar refractivity (Wildman–Crippen MR) is 28.9 cm³/mol. The molecule has 61 valence electrons. The quantitative estimate of drug-likeness (QED) is 0.460. The van der Waals surface area contributed by atoms with Gasteiger partial charge in [-0.3, -0.25) is 0 Å². The van der Waals surface area contributed by atoms with E-state index in [9.17, 15) is 16.8 Å². The summed E-state index contributed by atoms with van der Waals surface area (Å²) >= 11 is -2.19. The molecule has 0 aromatic carbocycles. The molecule has 0 aliphatic carbocycles. The average Bonchev–Trinajstić information content (AvgIpc) is 1.14. The van der Waals surface area contributed by atoms with Gasteiger partial charge in [0.1, 0.15) is 0 Å². The van der Waals surface area contributed by atoms with E-state index in [1.165, 1.54) is 0 Å². The van der Waals surface area contributed by atoms with Crippen molar-refractivity contribution in [3.63, 3.8) is 0 Å². The third-order valence-corrected chi connectivity index (χ3v) is 8.04. The number of hydrogen-bond donors (Lipinski definition) is 2. The Labute approximate surface area is 77.7 Å². The van der Waals surface area contributed by atoms with Crippen LogP contribution in [0.2, 0.25) is 0 Å². The fraction of sp³-hybridized carbons (Fsp3) is 0. The molecule has 0 spiro atoms. The smallest absolute Gasteiger partial charge is 0 e. The molecule has 0 unspecified atom stereocenters. The molecule has 0 rings (SSSR count). The van der Waals surface area contributed by atoms with Gasteiger partial charge >= 0.3 is 55.7 Å². The first-order valence-corrected chi connectivity index (χ1v) is 8.29. The van der Waals surface area contributed by atoms with E-state index in [1.807, 2.05) is 0 Å². The van der Waals surface area contributed by atoms with E-state index in [0.29, 0.717) is 0 Å². The van der Waals surface area contributed by atoms with Crippen molar-refractivity contribution in [2.45, 2.75) is 0 Å². The zero-order valence-corrected chi connectivity index (χ0v) is 9.74. The minimum atomic E-state index is -4.56. The van der Waals surface area contributed by atoms with Crippen molar-refractivity contribution in [1.29, 1.82) is 0 Å². The van der Waals surface area contributed by atoms with Crippen molar-refractivity contribution in [1.82, 2.24) is 0 Å². The van der Waals surface area contributed by atoms with E-state index in [-0.39, 0.29) is 22.4 Å². The Morgan fingerprint density at radius 3 is 1.10 bits per heavy atom. The molecule has 1 radical (unpaired) electrons. The van der Waals surface area contributed by atoms with Gasteiger partial charge in [-0.25, -0.2) is 0 Å². The van der Waals surface area contributed by atoms with Gasteiger partial charge in [-0.15, -0.1) is 0 Å². The van der Waals surface area contributed by atoms with Gasteiger partial charge in [0.15, 0.2) is 0 Å². The van der Waals surface area contributed by atoms with E-state index in [1.54, 1.807) is 0 Å². The minimum Gasteiger partial charge on any atom is 0 e. The summed E-state index contributed by atoms with van der Waals surface area (Å²) in [6.07, 6.45) is 0. The SMILES string of the molecule is O=S(=O)(O)[Se]S(=O)(=O)O.[Nb]. The Balaban J connectivity index is 0. The molecule has 0 saturated heterocycles. The maximum atomic E-state index is 9.69. The van der Waals surface area contributed by atoms with Gasteiger partial charge in [0.25, 0.3) is 0 Å². The van der Waals surface area contributed by atoms with Crippen LogP contribution in [0.15, 0.2) is 0 Å². The van der Waals surface area contributed by atoms with Crippen molar-refractivity contribution in [2.24, 2.45) is 0 Å². The van der Waals surface area contributed by atoms with Crippen LogP contribution in [-0.2, 0) is 39.5 Å². The first kappa shape index (κ1) is 13.7. The van der Waals surface area contributed by atoms with E-state index in [2.05, 4.69) is 0 Å². The van der Waals surface area contributed by atoms with Gasteiger partial charge < -0.3 is 0 Å². The molecule has 2 N–H and O–H groups in total. The summed E-state index contributed by atoms with van der Waals surface area (Å²) in [5, 5.41) is 0. The van der Waals surface area contributed by atoms with Crippen molar-refractivity contribution < 1.29 is 48.3 Å². The molecule has 0 aliphatic heterocycles. The molecule has 0 aromatic rings. The molecule has 0 atom stereocenters. The van der Waals surface area contributed by atoms with E-state index >= 15 is 0 Å². The van der Waals surface area contributed by atoms with Crippen LogP contribution in [0.4, 0.5) is 0 Å². The molecule has 0 saturated carbocycles. The second-order valence-corrected chi connectivity index (χ2v) is 11.1. The molecule has 0 aromatic heterocycles. The topological polar surface area (TPSA) is 109 Å². The Bertz CT molecular complexity index is 241. The Hall–Kier alpha value is 1.08. The van der Waals surface area contributed by atoms with E-state index in [0.717, 1.165) is 0 Å². The Kier molecular flexibility index (Phi) is 5.72. The summed E-state index contributed by atoms with van der Waals surface area (Å²) in [5.41, 5.74) is 0. The summed E-state index contributed by atoms with van der Waals surface area (Å²) in [5.74, 6) is 0. The van der Waals surface area contributed by atoms with Crippen LogP contribution in [0.5, 0.6) is 0 Å². The fourth-order valence-corrected chi connectivity index (χ4v) is 5.08. The van der Waals surface area contributed by atoms with Crippen LogP contribution < -0.4 is 0 Å². The maximum absolute atomic E-state index is 9.69. The molecule has 0 heterocycles. The van der Waals surface area contributed by atoms with Crippen molar-refractivity contribution in [3.05, 3.63) is 0 Å². The Morgan fingerprint density at radius 2 is 1.10 bits per heavy atom. The first-order valence-electron chi connectivity index (χ1n) is 1.37. The average molecular weight is 334 g/mol. The van der Waals surface area contributed by atoms with Crippen LogP contribution in [-0.4, -0.2) is 38.7 Å². The van der Waals surface area contributed by atoms with E-state index < -0.39 is 29.8 Å². The molecule has 0 aliphatic rings. The monoisotopic (exact) mass is 335 g/mol. The molecular weight excluding hydrogens is 332 g/mol. The predicted octanol–water partition coefficient (Wildman–Crippen LogP) is -1.71. The van der Waals surface area contributed by atoms with Crippen molar-refractivity contribution >= 4 is 29.8 Å². The van der Waals surface area contributed by atoms with Crippen molar-refractivity contribution in [2.75, 3.05) is 0 Å². The molecule has 6 nitrogen and oxygen atoms in total. The second-order valence-electron chi connectivity index (χ2n) is 0.924. The van der Waals surface area contributed by atoms with E-state index in [4.69, 9.17) is 9.11 Å². The molecular formula is H2NbO6S2Se. The number of hydrogen-bond acceptors (Lipinski definition) is 4. The maximum Gasteiger partial charge on any atom is 0 e. The van der Waals surface area contributed by atoms with Gasteiger partial charge in [-0.05, 0) is 0 Å². The second kappa shape index (κ2) is 4.19. The first-order chi connectivity index (χ1) is 3.71. The standard InChI is InChI=1S/Nb.H2O6S2Se/c;1-7(2,3)9-8(4,5)6/h;(H,1,2,3)(H,4,5,6). The third kappa shape index (κ3) is 11.8. The van der Waals surface area contributed by atoms with Gasteiger partial charge in [0, 0.05) is 22.4 Å². The molecule has 0 amide bonds. The largest absolute Gasteiger partial charge is 0 e. The summed E-state index contributed by atoms with van der Waals surface area (Å²) < 4.78 is 54.4. The Morgan fingerprint density at radius 1 is 0.900 bits per heavy atom. The zero-order valence-electron chi connectivity index (χ0n) is 4.20. The molecule has 10 heteroatoms. The number of rotatable bonds is 2. The van der Waals surface area contributed by atoms with Gasteiger partial charge in [-0.1, -0.05) is 0 Å². The van der Waals surface area contributed by atoms with Crippen molar-refractivity contribution in [3.8, 4) is 0 Å². The van der Waals surface area contributed by atoms with Gasteiger partial charge in [0.05, 0.1) is 0 Å². The molecule has 10 heavy (non-hydrogen) atoms. The molecule has 0 fully saturated rings. The van der Waals surface area contributed by atoms with Crippen LogP contribution in [0.3, 0.4) is 0 Å². The minimum absolute atomic E-state index is 0. The summed E-state index contributed by atoms with van der Waals surface area (Å²) in [6, 6.07) is 0. The molecule has 0 bridgehead atoms. The van der Waals surface area contributed by atoms with Gasteiger partial charge in [-0.2, -0.15) is 0 Å². The summed E-state index contributed by atoms with van der Waals surface area (Å²) in [6.45, 7) is 0. The third-order valence-electron chi connectivity index (χ3n) is 0.172. The summed E-state index contributed by atoms with van der Waals surface area (Å²) in [4.78, 5) is 0. The zero-order chi connectivity index (χ0) is 7.71. The fourth-order valence-electron chi connectivity index (χ4n) is 0.109. The van der Waals surface area contributed by atoms with Crippen LogP contribution in [0.25, 0.3) is 0 Å². The normalized spacial score (nSPS) is 12.2. The van der Waals surface area contributed by atoms with Crippen LogP contribution >= 0.6 is 0 Å². The summed E-state index contributed by atoms with van der Waals surface area (Å²) in [7, 11) is -9.11. The van der Waals surface area contributed by atoms with Gasteiger partial charge in [0.2, 0.25) is 0 Å².